The molecule has 0 saturated carbocycles. The number of aromatic amines is 1. The normalized spacial score (nSPS) is 10.3. The number of hydrogen-bond acceptors (Lipinski definition) is 7. The zero-order valence-electron chi connectivity index (χ0n) is 13.5. The van der Waals surface area contributed by atoms with E-state index < -0.39 is 11.9 Å². The molecule has 0 unspecified atom stereocenters. The summed E-state index contributed by atoms with van der Waals surface area (Å²) in [6, 6.07) is 4.59. The minimum Gasteiger partial charge on any atom is -0.478 e. The van der Waals surface area contributed by atoms with Crippen LogP contribution >= 0.6 is 0 Å². The fourth-order valence-corrected chi connectivity index (χ4v) is 2.05. The second kappa shape index (κ2) is 7.49. The van der Waals surface area contributed by atoms with Crippen LogP contribution in [0.15, 0.2) is 23.0 Å². The monoisotopic (exact) mass is 335 g/mol. The number of benzene rings is 1. The number of rotatable bonds is 6. The summed E-state index contributed by atoms with van der Waals surface area (Å²) in [5.74, 6) is -0.705. The Morgan fingerprint density at radius 2 is 1.50 bits per heavy atom. The summed E-state index contributed by atoms with van der Waals surface area (Å²) in [5.41, 5.74) is 0.989. The highest BCUT2D eigenvalue weighted by atomic mass is 16.6. The van der Waals surface area contributed by atoms with Gasteiger partial charge in [0.2, 0.25) is 5.56 Å². The van der Waals surface area contributed by atoms with E-state index >= 15 is 0 Å². The van der Waals surface area contributed by atoms with Crippen LogP contribution in [-0.4, -0.2) is 44.4 Å². The van der Waals surface area contributed by atoms with Gasteiger partial charge in [0.15, 0.2) is 24.7 Å². The van der Waals surface area contributed by atoms with E-state index in [1.165, 1.54) is 26.4 Å². The van der Waals surface area contributed by atoms with E-state index in [2.05, 4.69) is 14.5 Å². The Bertz CT molecular complexity index is 825. The molecule has 0 saturated heterocycles. The molecule has 0 aliphatic rings. The molecule has 1 N–H and O–H groups in total. The highest BCUT2D eigenvalue weighted by molar-refractivity contribution is 5.85. The third-order valence-corrected chi connectivity index (χ3v) is 3.26. The highest BCUT2D eigenvalue weighted by Crippen LogP contribution is 2.32. The predicted octanol–water partition coefficient (Wildman–Crippen LogP) is 0.940. The number of nitrogens with one attached hydrogen (secondary N) is 1. The van der Waals surface area contributed by atoms with Crippen LogP contribution in [0.5, 0.6) is 11.5 Å². The molecule has 0 spiro atoms. The number of fused-ring (bicyclic) bond motifs is 1. The Hall–Kier alpha value is -3.03. The lowest BCUT2D eigenvalue weighted by Gasteiger charge is -2.13. The summed E-state index contributed by atoms with van der Waals surface area (Å²) in [6.45, 7) is 1.11. The zero-order chi connectivity index (χ0) is 17.7. The van der Waals surface area contributed by atoms with Crippen molar-refractivity contribution >= 4 is 22.8 Å². The summed E-state index contributed by atoms with van der Waals surface area (Å²) in [6.07, 6.45) is 0. The average molecular weight is 335 g/mol. The predicted molar refractivity (Wildman–Crippen MR) is 84.3 cm³/mol. The van der Waals surface area contributed by atoms with Crippen LogP contribution in [0.3, 0.4) is 0 Å². The van der Waals surface area contributed by atoms with Gasteiger partial charge in [-0.1, -0.05) is 0 Å². The minimum absolute atomic E-state index is 0.193. The third-order valence-electron chi connectivity index (χ3n) is 3.26. The molecule has 1 aromatic heterocycles. The van der Waals surface area contributed by atoms with Crippen LogP contribution in [0.2, 0.25) is 0 Å². The number of methoxy groups -OCH3 is 2. The lowest BCUT2D eigenvalue weighted by molar-refractivity contribution is -0.144. The van der Waals surface area contributed by atoms with Crippen molar-refractivity contribution in [1.82, 2.24) is 4.98 Å². The van der Waals surface area contributed by atoms with E-state index in [-0.39, 0.29) is 30.3 Å². The van der Waals surface area contributed by atoms with Gasteiger partial charge in [-0.2, -0.15) is 0 Å². The molecule has 0 fully saturated rings. The molecule has 0 radical (unpaired) electrons. The van der Waals surface area contributed by atoms with E-state index in [4.69, 9.17) is 9.47 Å². The van der Waals surface area contributed by atoms with Gasteiger partial charge in [-0.15, -0.1) is 0 Å². The molecule has 0 aliphatic carbocycles. The van der Waals surface area contributed by atoms with Crippen molar-refractivity contribution in [3.05, 3.63) is 34.1 Å². The molecule has 1 heterocycles. The van der Waals surface area contributed by atoms with Gasteiger partial charge in [-0.25, -0.2) is 9.59 Å². The maximum Gasteiger partial charge on any atom is 0.343 e. The quantitative estimate of drug-likeness (QED) is 0.783. The van der Waals surface area contributed by atoms with Gasteiger partial charge < -0.3 is 23.9 Å². The number of H-pyrrole nitrogens is 1. The third kappa shape index (κ3) is 4.03. The fraction of sp³-hybridized carbons (Fsp3) is 0.312. The Morgan fingerprint density at radius 3 is 2.04 bits per heavy atom. The van der Waals surface area contributed by atoms with Crippen molar-refractivity contribution in [3.63, 3.8) is 0 Å². The van der Waals surface area contributed by atoms with Crippen molar-refractivity contribution in [2.75, 3.05) is 27.4 Å². The maximum atomic E-state index is 11.6. The smallest absolute Gasteiger partial charge is 0.343 e. The SMILES string of the molecule is COC(=O)COc1cc2[nH]c(=O)cc(C)c2cc1OCC(=O)OC. The molecule has 128 valence electrons. The first kappa shape index (κ1) is 17.3. The van der Waals surface area contributed by atoms with E-state index in [0.29, 0.717) is 5.52 Å². The number of pyridine rings is 1. The Kier molecular flexibility index (Phi) is 5.41. The van der Waals surface area contributed by atoms with E-state index in [0.717, 1.165) is 10.9 Å². The second-order valence-electron chi connectivity index (χ2n) is 4.89. The van der Waals surface area contributed by atoms with Crippen LogP contribution in [0.1, 0.15) is 5.56 Å². The maximum absolute atomic E-state index is 11.6. The van der Waals surface area contributed by atoms with Gasteiger partial charge in [0, 0.05) is 17.5 Å². The molecule has 2 rings (SSSR count). The van der Waals surface area contributed by atoms with Gasteiger partial charge in [0.1, 0.15) is 0 Å². The summed E-state index contributed by atoms with van der Waals surface area (Å²) < 4.78 is 19.8. The molecular weight excluding hydrogens is 318 g/mol. The first-order valence-electron chi connectivity index (χ1n) is 7.01. The number of aryl methyl sites for hydroxylation is 1. The number of hydrogen-bond donors (Lipinski definition) is 1. The molecule has 0 amide bonds. The molecule has 24 heavy (non-hydrogen) atoms. The van der Waals surface area contributed by atoms with Crippen molar-refractivity contribution < 1.29 is 28.5 Å². The fourth-order valence-electron chi connectivity index (χ4n) is 2.05. The van der Waals surface area contributed by atoms with Crippen LogP contribution < -0.4 is 15.0 Å². The van der Waals surface area contributed by atoms with Gasteiger partial charge in [0.05, 0.1) is 19.7 Å². The number of carbonyl (C=O) groups excluding carboxylic acids is 2. The first-order valence-corrected chi connectivity index (χ1v) is 7.01. The van der Waals surface area contributed by atoms with Gasteiger partial charge in [0.25, 0.3) is 0 Å². The molecular formula is C16H17NO7. The lowest BCUT2D eigenvalue weighted by Crippen LogP contribution is -2.16. The van der Waals surface area contributed by atoms with Crippen molar-refractivity contribution in [1.29, 1.82) is 0 Å². The standard InChI is InChI=1S/C16H17NO7/c1-9-4-14(18)17-11-6-13(24-8-16(20)22-3)12(5-10(9)11)23-7-15(19)21-2/h4-6H,7-8H2,1-3H3,(H,17,18). The molecule has 8 nitrogen and oxygen atoms in total. The Morgan fingerprint density at radius 1 is 0.958 bits per heavy atom. The minimum atomic E-state index is -0.577. The number of ether oxygens (including phenoxy) is 4. The topological polar surface area (TPSA) is 104 Å². The van der Waals surface area contributed by atoms with Crippen LogP contribution in [0, 0.1) is 6.92 Å². The molecule has 1 aromatic carbocycles. The summed E-state index contributed by atoms with van der Waals surface area (Å²) >= 11 is 0. The molecule has 0 bridgehead atoms. The summed E-state index contributed by atoms with van der Waals surface area (Å²) in [7, 11) is 2.48. The van der Waals surface area contributed by atoms with Gasteiger partial charge in [-0.3, -0.25) is 4.79 Å². The zero-order valence-corrected chi connectivity index (χ0v) is 13.5. The first-order chi connectivity index (χ1) is 11.4. The lowest BCUT2D eigenvalue weighted by atomic mass is 10.1. The number of carbonyl (C=O) groups is 2. The Labute approximate surface area is 137 Å². The van der Waals surface area contributed by atoms with Crippen molar-refractivity contribution in [2.24, 2.45) is 0 Å². The molecule has 8 heteroatoms. The van der Waals surface area contributed by atoms with Crippen molar-refractivity contribution in [2.45, 2.75) is 6.92 Å². The largest absolute Gasteiger partial charge is 0.478 e. The highest BCUT2D eigenvalue weighted by Gasteiger charge is 2.14. The number of aromatic nitrogens is 1. The molecule has 0 aliphatic heterocycles. The van der Waals surface area contributed by atoms with Gasteiger partial charge >= 0.3 is 11.9 Å². The summed E-state index contributed by atoms with van der Waals surface area (Å²) in [4.78, 5) is 36.8. The van der Waals surface area contributed by atoms with Crippen LogP contribution in [0.4, 0.5) is 0 Å². The van der Waals surface area contributed by atoms with E-state index in [1.54, 1.807) is 13.0 Å². The summed E-state index contributed by atoms with van der Waals surface area (Å²) in [5, 5.41) is 0.722. The van der Waals surface area contributed by atoms with E-state index in [1.807, 2.05) is 0 Å². The number of esters is 2. The molecule has 2 aromatic rings. The van der Waals surface area contributed by atoms with Crippen LogP contribution in [-0.2, 0) is 19.1 Å². The Balaban J connectivity index is 2.42. The van der Waals surface area contributed by atoms with E-state index in [9.17, 15) is 14.4 Å². The van der Waals surface area contributed by atoms with Gasteiger partial charge in [-0.05, 0) is 18.6 Å². The van der Waals surface area contributed by atoms with Crippen LogP contribution in [0.25, 0.3) is 10.9 Å². The van der Waals surface area contributed by atoms with Crippen molar-refractivity contribution in [3.8, 4) is 11.5 Å². The average Bonchev–Trinajstić information content (AvgIpc) is 2.57. The second-order valence-corrected chi connectivity index (χ2v) is 4.89. The molecule has 0 atom stereocenters.